The number of carbonyl (C=O) groups is 2. The molecule has 1 aliphatic rings. The van der Waals surface area contributed by atoms with Crippen molar-refractivity contribution in [2.75, 3.05) is 13.1 Å². The van der Waals surface area contributed by atoms with Gasteiger partial charge in [0.25, 0.3) is 0 Å². The molecule has 0 bridgehead atoms. The van der Waals surface area contributed by atoms with Crippen LogP contribution in [-0.2, 0) is 11.2 Å². The summed E-state index contributed by atoms with van der Waals surface area (Å²) in [6.45, 7) is 9.31. The van der Waals surface area contributed by atoms with Crippen molar-refractivity contribution in [3.8, 4) is 0 Å². The quantitative estimate of drug-likeness (QED) is 0.894. The summed E-state index contributed by atoms with van der Waals surface area (Å²) in [5, 5.41) is 5.91. The van der Waals surface area contributed by atoms with Gasteiger partial charge in [-0.05, 0) is 46.1 Å². The van der Waals surface area contributed by atoms with E-state index in [1.165, 1.54) is 5.56 Å². The number of nitrogens with zero attached hydrogens (tertiary/aromatic N) is 1. The van der Waals surface area contributed by atoms with Gasteiger partial charge in [-0.25, -0.2) is 4.79 Å². The first kappa shape index (κ1) is 18.3. The lowest BCUT2D eigenvalue weighted by Crippen LogP contribution is -2.52. The maximum absolute atomic E-state index is 12.4. The molecule has 0 aromatic heterocycles. The van der Waals surface area contributed by atoms with Gasteiger partial charge >= 0.3 is 6.03 Å². The van der Waals surface area contributed by atoms with Crippen LogP contribution in [0.1, 0.15) is 44.7 Å². The topological polar surface area (TPSA) is 61.4 Å². The standard InChI is InChI=1S/C19H29N3O2/c1-14-6-5-7-15(12-14)13-17(23)22-10-8-16(9-11-22)20-18(24)21-19(2,3)4/h5-7,12,16H,8-11,13H2,1-4H3,(H2,20,21,24). The van der Waals surface area contributed by atoms with Gasteiger partial charge in [-0.15, -0.1) is 0 Å². The molecule has 5 nitrogen and oxygen atoms in total. The van der Waals surface area contributed by atoms with Crippen LogP contribution in [0, 0.1) is 6.92 Å². The van der Waals surface area contributed by atoms with Crippen molar-refractivity contribution in [1.29, 1.82) is 0 Å². The average molecular weight is 331 g/mol. The summed E-state index contributed by atoms with van der Waals surface area (Å²) in [4.78, 5) is 26.2. The van der Waals surface area contributed by atoms with Gasteiger partial charge in [0.1, 0.15) is 0 Å². The number of carbonyl (C=O) groups excluding carboxylic acids is 2. The molecule has 3 amide bonds. The molecule has 5 heteroatoms. The third kappa shape index (κ3) is 5.87. The zero-order valence-corrected chi connectivity index (χ0v) is 15.2. The van der Waals surface area contributed by atoms with Crippen LogP contribution in [0.5, 0.6) is 0 Å². The zero-order valence-electron chi connectivity index (χ0n) is 15.2. The molecule has 1 heterocycles. The van der Waals surface area contributed by atoms with Crippen molar-refractivity contribution in [3.05, 3.63) is 35.4 Å². The van der Waals surface area contributed by atoms with E-state index in [-0.39, 0.29) is 23.5 Å². The number of amides is 3. The van der Waals surface area contributed by atoms with E-state index in [1.54, 1.807) is 0 Å². The summed E-state index contributed by atoms with van der Waals surface area (Å²) in [5.41, 5.74) is 1.99. The first-order valence-corrected chi connectivity index (χ1v) is 8.65. The molecule has 0 unspecified atom stereocenters. The lowest BCUT2D eigenvalue weighted by Gasteiger charge is -2.33. The Kier molecular flexibility index (Phi) is 5.86. The van der Waals surface area contributed by atoms with Crippen LogP contribution < -0.4 is 10.6 Å². The van der Waals surface area contributed by atoms with Crippen molar-refractivity contribution < 1.29 is 9.59 Å². The van der Waals surface area contributed by atoms with Gasteiger partial charge in [-0.3, -0.25) is 4.79 Å². The SMILES string of the molecule is Cc1cccc(CC(=O)N2CCC(NC(=O)NC(C)(C)C)CC2)c1. The van der Waals surface area contributed by atoms with Crippen LogP contribution in [0.2, 0.25) is 0 Å². The predicted molar refractivity (Wildman–Crippen MR) is 95.9 cm³/mol. The molecular weight excluding hydrogens is 302 g/mol. The van der Waals surface area contributed by atoms with Gasteiger partial charge in [0.05, 0.1) is 6.42 Å². The summed E-state index contributed by atoms with van der Waals surface area (Å²) in [7, 11) is 0. The number of hydrogen-bond donors (Lipinski definition) is 2. The van der Waals surface area contributed by atoms with Crippen LogP contribution in [0.4, 0.5) is 4.79 Å². The highest BCUT2D eigenvalue weighted by Crippen LogP contribution is 2.13. The minimum atomic E-state index is -0.242. The monoisotopic (exact) mass is 331 g/mol. The summed E-state index contributed by atoms with van der Waals surface area (Å²) < 4.78 is 0. The van der Waals surface area contributed by atoms with Gasteiger partial charge in [-0.2, -0.15) is 0 Å². The van der Waals surface area contributed by atoms with Gasteiger partial charge in [0.15, 0.2) is 0 Å². The van der Waals surface area contributed by atoms with E-state index < -0.39 is 0 Å². The fourth-order valence-corrected chi connectivity index (χ4v) is 2.94. The minimum absolute atomic E-state index is 0.132. The van der Waals surface area contributed by atoms with Gasteiger partial charge < -0.3 is 15.5 Å². The van der Waals surface area contributed by atoms with Gasteiger partial charge in [-0.1, -0.05) is 29.8 Å². The van der Waals surface area contributed by atoms with Crippen LogP contribution in [0.3, 0.4) is 0 Å². The number of aryl methyl sites for hydroxylation is 1. The second-order valence-corrected chi connectivity index (χ2v) is 7.67. The van der Waals surface area contributed by atoms with Crippen LogP contribution in [0.15, 0.2) is 24.3 Å². The Morgan fingerprint density at radius 3 is 2.46 bits per heavy atom. The van der Waals surface area contributed by atoms with E-state index in [0.29, 0.717) is 19.5 Å². The highest BCUT2D eigenvalue weighted by atomic mass is 16.2. The largest absolute Gasteiger partial charge is 0.342 e. The number of likely N-dealkylation sites (tertiary alicyclic amines) is 1. The Morgan fingerprint density at radius 1 is 1.21 bits per heavy atom. The third-order valence-corrected chi connectivity index (χ3v) is 4.11. The molecule has 1 aromatic rings. The van der Waals surface area contributed by atoms with Crippen LogP contribution in [0.25, 0.3) is 0 Å². The number of nitrogens with one attached hydrogen (secondary N) is 2. The van der Waals surface area contributed by atoms with Crippen LogP contribution >= 0.6 is 0 Å². The van der Waals surface area contributed by atoms with Crippen molar-refractivity contribution in [2.45, 2.75) is 58.5 Å². The molecule has 0 spiro atoms. The molecule has 24 heavy (non-hydrogen) atoms. The van der Waals surface area contributed by atoms with E-state index in [9.17, 15) is 9.59 Å². The lowest BCUT2D eigenvalue weighted by molar-refractivity contribution is -0.131. The fourth-order valence-electron chi connectivity index (χ4n) is 2.94. The fraction of sp³-hybridized carbons (Fsp3) is 0.579. The number of hydrogen-bond acceptors (Lipinski definition) is 2. The van der Waals surface area contributed by atoms with E-state index >= 15 is 0 Å². The first-order valence-electron chi connectivity index (χ1n) is 8.65. The Bertz CT molecular complexity index is 585. The molecule has 1 saturated heterocycles. The Morgan fingerprint density at radius 2 is 1.88 bits per heavy atom. The highest BCUT2D eigenvalue weighted by Gasteiger charge is 2.24. The third-order valence-electron chi connectivity index (χ3n) is 4.11. The minimum Gasteiger partial charge on any atom is -0.342 e. The van der Waals surface area contributed by atoms with E-state index in [4.69, 9.17) is 0 Å². The molecule has 1 fully saturated rings. The second-order valence-electron chi connectivity index (χ2n) is 7.67. The molecule has 0 saturated carbocycles. The molecular formula is C19H29N3O2. The van der Waals surface area contributed by atoms with E-state index in [0.717, 1.165) is 18.4 Å². The molecule has 1 aliphatic heterocycles. The van der Waals surface area contributed by atoms with Gasteiger partial charge in [0.2, 0.25) is 5.91 Å². The molecule has 0 aliphatic carbocycles. The lowest BCUT2D eigenvalue weighted by atomic mass is 10.0. The number of benzene rings is 1. The number of urea groups is 1. The Balaban J connectivity index is 1.78. The van der Waals surface area contributed by atoms with Crippen LogP contribution in [-0.4, -0.2) is 41.5 Å². The van der Waals surface area contributed by atoms with E-state index in [1.807, 2.05) is 50.8 Å². The Labute approximate surface area is 144 Å². The normalized spacial score (nSPS) is 15.9. The molecule has 1 aromatic carbocycles. The molecule has 2 N–H and O–H groups in total. The summed E-state index contributed by atoms with van der Waals surface area (Å²) in [6.07, 6.45) is 2.05. The smallest absolute Gasteiger partial charge is 0.315 e. The summed E-state index contributed by atoms with van der Waals surface area (Å²) >= 11 is 0. The molecule has 0 atom stereocenters. The van der Waals surface area contributed by atoms with Crippen molar-refractivity contribution >= 4 is 11.9 Å². The molecule has 132 valence electrons. The predicted octanol–water partition coefficient (Wildman–Crippen LogP) is 2.63. The molecule has 2 rings (SSSR count). The maximum atomic E-state index is 12.4. The zero-order chi connectivity index (χ0) is 17.7. The number of piperidine rings is 1. The summed E-state index contributed by atoms with van der Waals surface area (Å²) in [5.74, 6) is 0.165. The maximum Gasteiger partial charge on any atom is 0.315 e. The van der Waals surface area contributed by atoms with Crippen molar-refractivity contribution in [1.82, 2.24) is 15.5 Å². The second kappa shape index (κ2) is 7.69. The highest BCUT2D eigenvalue weighted by molar-refractivity contribution is 5.79. The Hall–Kier alpha value is -2.04. The van der Waals surface area contributed by atoms with E-state index in [2.05, 4.69) is 16.7 Å². The van der Waals surface area contributed by atoms with Gasteiger partial charge in [0, 0.05) is 24.7 Å². The summed E-state index contributed by atoms with van der Waals surface area (Å²) in [6, 6.07) is 8.08. The number of rotatable bonds is 3. The van der Waals surface area contributed by atoms with Crippen molar-refractivity contribution in [2.24, 2.45) is 0 Å². The average Bonchev–Trinajstić information content (AvgIpc) is 2.45. The van der Waals surface area contributed by atoms with Crippen molar-refractivity contribution in [3.63, 3.8) is 0 Å². The molecule has 0 radical (unpaired) electrons. The first-order chi connectivity index (χ1) is 11.2.